The van der Waals surface area contributed by atoms with Crippen LogP contribution in [-0.4, -0.2) is 7.11 Å². The highest BCUT2D eigenvalue weighted by molar-refractivity contribution is 5.80. The van der Waals surface area contributed by atoms with Gasteiger partial charge in [-0.25, -0.2) is 0 Å². The molecule has 0 spiro atoms. The summed E-state index contributed by atoms with van der Waals surface area (Å²) in [6.45, 7) is 2.08. The van der Waals surface area contributed by atoms with Gasteiger partial charge in [0, 0.05) is 5.56 Å². The van der Waals surface area contributed by atoms with E-state index in [1.807, 2.05) is 30.3 Å². The lowest BCUT2D eigenvalue weighted by Gasteiger charge is -2.24. The van der Waals surface area contributed by atoms with Crippen molar-refractivity contribution in [3.8, 4) is 5.75 Å². The van der Waals surface area contributed by atoms with E-state index in [2.05, 4.69) is 31.2 Å². The number of benzene rings is 2. The summed E-state index contributed by atoms with van der Waals surface area (Å²) in [6, 6.07) is 16.3. The van der Waals surface area contributed by atoms with E-state index >= 15 is 0 Å². The molecule has 0 N–H and O–H groups in total. The van der Waals surface area contributed by atoms with E-state index in [0.717, 1.165) is 17.1 Å². The first-order valence-corrected chi connectivity index (χ1v) is 6.39. The first kappa shape index (κ1) is 11.8. The molecule has 0 amide bonds. The molecular formula is C17H16O2. The van der Waals surface area contributed by atoms with Gasteiger partial charge in [0.15, 0.2) is 0 Å². The third-order valence-corrected chi connectivity index (χ3v) is 3.40. The van der Waals surface area contributed by atoms with Gasteiger partial charge in [-0.05, 0) is 48.4 Å². The molecule has 1 heterocycles. The zero-order valence-corrected chi connectivity index (χ0v) is 11.1. The van der Waals surface area contributed by atoms with Crippen LogP contribution in [-0.2, 0) is 4.74 Å². The molecule has 1 unspecified atom stereocenters. The van der Waals surface area contributed by atoms with Crippen LogP contribution in [0.2, 0.25) is 0 Å². The molecule has 1 aliphatic rings. The largest absolute Gasteiger partial charge is 0.497 e. The molecule has 1 atom stereocenters. The van der Waals surface area contributed by atoms with Crippen molar-refractivity contribution in [1.82, 2.24) is 0 Å². The Morgan fingerprint density at radius 1 is 1.00 bits per heavy atom. The Hall–Kier alpha value is -2.22. The van der Waals surface area contributed by atoms with Crippen LogP contribution in [0, 0.1) is 0 Å². The van der Waals surface area contributed by atoms with Crippen molar-refractivity contribution in [1.29, 1.82) is 0 Å². The van der Waals surface area contributed by atoms with E-state index in [1.54, 1.807) is 7.11 Å². The van der Waals surface area contributed by atoms with Gasteiger partial charge in [0.25, 0.3) is 0 Å². The highest BCUT2D eigenvalue weighted by Gasteiger charge is 2.18. The monoisotopic (exact) mass is 252 g/mol. The summed E-state index contributed by atoms with van der Waals surface area (Å²) in [6.07, 6.45) is 2.18. The van der Waals surface area contributed by atoms with E-state index in [0.29, 0.717) is 0 Å². The summed E-state index contributed by atoms with van der Waals surface area (Å²) in [4.78, 5) is 0. The minimum atomic E-state index is 0.0818. The number of rotatable bonds is 2. The predicted molar refractivity (Wildman–Crippen MR) is 76.8 cm³/mol. The molecule has 0 saturated carbocycles. The number of fused-ring (bicyclic) bond motifs is 1. The Morgan fingerprint density at radius 2 is 1.74 bits per heavy atom. The van der Waals surface area contributed by atoms with Crippen LogP contribution in [0.25, 0.3) is 11.8 Å². The van der Waals surface area contributed by atoms with Crippen molar-refractivity contribution in [3.05, 3.63) is 65.2 Å². The quantitative estimate of drug-likeness (QED) is 0.794. The van der Waals surface area contributed by atoms with Gasteiger partial charge in [0.2, 0.25) is 0 Å². The van der Waals surface area contributed by atoms with Crippen molar-refractivity contribution in [2.24, 2.45) is 0 Å². The summed E-state index contributed by atoms with van der Waals surface area (Å²) < 4.78 is 11.2. The van der Waals surface area contributed by atoms with E-state index in [9.17, 15) is 0 Å². The van der Waals surface area contributed by atoms with E-state index in [1.165, 1.54) is 11.1 Å². The molecule has 0 aliphatic carbocycles. The molecule has 0 bridgehead atoms. The minimum Gasteiger partial charge on any atom is -0.497 e. The fourth-order valence-electron chi connectivity index (χ4n) is 2.35. The van der Waals surface area contributed by atoms with Crippen LogP contribution in [0.1, 0.15) is 29.7 Å². The lowest BCUT2D eigenvalue weighted by molar-refractivity contribution is 0.186. The average Bonchev–Trinajstić information content (AvgIpc) is 2.47. The fraction of sp³-hybridized carbons (Fsp3) is 0.176. The van der Waals surface area contributed by atoms with Crippen LogP contribution >= 0.6 is 0 Å². The van der Waals surface area contributed by atoms with Crippen LogP contribution < -0.4 is 4.74 Å². The fourth-order valence-corrected chi connectivity index (χ4v) is 2.35. The molecule has 0 radical (unpaired) electrons. The van der Waals surface area contributed by atoms with Gasteiger partial charge in [-0.3, -0.25) is 0 Å². The second-order valence-corrected chi connectivity index (χ2v) is 4.63. The van der Waals surface area contributed by atoms with Gasteiger partial charge in [-0.2, -0.15) is 0 Å². The van der Waals surface area contributed by atoms with Crippen molar-refractivity contribution >= 4 is 11.8 Å². The third kappa shape index (κ3) is 2.22. The van der Waals surface area contributed by atoms with Crippen molar-refractivity contribution in [2.45, 2.75) is 13.0 Å². The van der Waals surface area contributed by atoms with Crippen LogP contribution in [0.5, 0.6) is 5.75 Å². The van der Waals surface area contributed by atoms with Crippen molar-refractivity contribution in [3.63, 3.8) is 0 Å². The minimum absolute atomic E-state index is 0.0818. The zero-order chi connectivity index (χ0) is 13.2. The number of hydrogen-bond acceptors (Lipinski definition) is 2. The van der Waals surface area contributed by atoms with E-state index in [4.69, 9.17) is 9.47 Å². The Morgan fingerprint density at radius 3 is 2.47 bits per heavy atom. The van der Waals surface area contributed by atoms with Gasteiger partial charge in [0.05, 0.1) is 7.11 Å². The van der Waals surface area contributed by atoms with E-state index in [-0.39, 0.29) is 6.10 Å². The maximum Gasteiger partial charge on any atom is 0.128 e. The maximum atomic E-state index is 5.99. The lowest BCUT2D eigenvalue weighted by Crippen LogP contribution is -2.06. The summed E-state index contributed by atoms with van der Waals surface area (Å²) in [5.41, 5.74) is 3.54. The Balaban J connectivity index is 2.00. The molecular weight excluding hydrogens is 236 g/mol. The second kappa shape index (κ2) is 4.81. The third-order valence-electron chi connectivity index (χ3n) is 3.40. The molecule has 0 saturated heterocycles. The topological polar surface area (TPSA) is 18.5 Å². The molecule has 3 rings (SSSR count). The molecule has 2 aromatic carbocycles. The smallest absolute Gasteiger partial charge is 0.128 e. The molecule has 0 aromatic heterocycles. The summed E-state index contributed by atoms with van der Waals surface area (Å²) in [5, 5.41) is 0. The Bertz CT molecular complexity index is 611. The summed E-state index contributed by atoms with van der Waals surface area (Å²) in [5.74, 6) is 1.77. The van der Waals surface area contributed by atoms with E-state index < -0.39 is 0 Å². The molecule has 2 nitrogen and oxygen atoms in total. The van der Waals surface area contributed by atoms with Crippen molar-refractivity contribution < 1.29 is 9.47 Å². The van der Waals surface area contributed by atoms with Crippen LogP contribution in [0.3, 0.4) is 0 Å². The maximum absolute atomic E-state index is 5.99. The highest BCUT2D eigenvalue weighted by Crippen LogP contribution is 2.35. The Kier molecular flexibility index (Phi) is 3.00. The molecule has 19 heavy (non-hydrogen) atoms. The molecule has 96 valence electrons. The zero-order valence-electron chi connectivity index (χ0n) is 11.1. The summed E-state index contributed by atoms with van der Waals surface area (Å²) in [7, 11) is 1.67. The predicted octanol–water partition coefficient (Wildman–Crippen LogP) is 4.28. The number of ether oxygens (including phenoxy) is 2. The standard InChI is InChI=1S/C17H16O2/c1-12-16-6-4-3-5-14(16)11-17(19-12)13-7-9-15(18-2)10-8-13/h3-12H,1-2H3. The van der Waals surface area contributed by atoms with Crippen LogP contribution in [0.15, 0.2) is 48.5 Å². The van der Waals surface area contributed by atoms with Gasteiger partial charge >= 0.3 is 0 Å². The normalized spacial score (nSPS) is 17.2. The van der Waals surface area contributed by atoms with Gasteiger partial charge in [0.1, 0.15) is 17.6 Å². The van der Waals surface area contributed by atoms with Gasteiger partial charge < -0.3 is 9.47 Å². The number of methoxy groups -OCH3 is 1. The first-order chi connectivity index (χ1) is 9.28. The SMILES string of the molecule is COc1ccc(C2=Cc3ccccc3C(C)O2)cc1. The lowest BCUT2D eigenvalue weighted by atomic mass is 9.98. The van der Waals surface area contributed by atoms with Gasteiger partial charge in [-0.15, -0.1) is 0 Å². The van der Waals surface area contributed by atoms with Crippen LogP contribution in [0.4, 0.5) is 0 Å². The molecule has 0 fully saturated rings. The van der Waals surface area contributed by atoms with Crippen molar-refractivity contribution in [2.75, 3.05) is 7.11 Å². The highest BCUT2D eigenvalue weighted by atomic mass is 16.5. The number of hydrogen-bond donors (Lipinski definition) is 0. The van der Waals surface area contributed by atoms with Gasteiger partial charge in [-0.1, -0.05) is 24.3 Å². The molecule has 1 aliphatic heterocycles. The Labute approximate surface area is 113 Å². The summed E-state index contributed by atoms with van der Waals surface area (Å²) >= 11 is 0. The molecule has 2 heteroatoms. The average molecular weight is 252 g/mol. The first-order valence-electron chi connectivity index (χ1n) is 6.39. The second-order valence-electron chi connectivity index (χ2n) is 4.63. The molecule has 2 aromatic rings.